The number of para-hydroxylation sites is 1. The first-order valence-electron chi connectivity index (χ1n) is 6.70. The van der Waals surface area contributed by atoms with Crippen molar-refractivity contribution in [3.8, 4) is 0 Å². The van der Waals surface area contributed by atoms with Crippen molar-refractivity contribution >= 4 is 11.6 Å². The Morgan fingerprint density at radius 2 is 1.83 bits per heavy atom. The number of amides is 1. The van der Waals surface area contributed by atoms with Crippen LogP contribution in [0.1, 0.15) is 39.0 Å². The molecule has 0 bridgehead atoms. The fourth-order valence-electron chi connectivity index (χ4n) is 2.61. The van der Waals surface area contributed by atoms with Crippen molar-refractivity contribution in [2.75, 3.05) is 5.32 Å². The van der Waals surface area contributed by atoms with Crippen LogP contribution in [0.3, 0.4) is 0 Å². The first-order chi connectivity index (χ1) is 8.62. The highest BCUT2D eigenvalue weighted by molar-refractivity contribution is 5.93. The highest BCUT2D eigenvalue weighted by atomic mass is 16.3. The predicted octanol–water partition coefficient (Wildman–Crippen LogP) is 2.96. The van der Waals surface area contributed by atoms with Gasteiger partial charge in [-0.25, -0.2) is 0 Å². The molecule has 2 rings (SSSR count). The molecule has 18 heavy (non-hydrogen) atoms. The number of carbonyl (C=O) groups is 1. The van der Waals surface area contributed by atoms with Crippen molar-refractivity contribution in [3.63, 3.8) is 0 Å². The van der Waals surface area contributed by atoms with Gasteiger partial charge in [0.05, 0.1) is 11.5 Å². The van der Waals surface area contributed by atoms with E-state index in [1.165, 1.54) is 0 Å². The smallest absolute Gasteiger partial charge is 0.230 e. The fourth-order valence-corrected chi connectivity index (χ4v) is 2.61. The molecule has 1 atom stereocenters. The van der Waals surface area contributed by atoms with Crippen molar-refractivity contribution < 1.29 is 9.90 Å². The number of anilines is 1. The molecule has 1 aromatic carbocycles. The summed E-state index contributed by atoms with van der Waals surface area (Å²) in [5.41, 5.74) is -0.0364. The van der Waals surface area contributed by atoms with Crippen LogP contribution in [-0.2, 0) is 4.79 Å². The zero-order valence-corrected chi connectivity index (χ0v) is 10.9. The van der Waals surface area contributed by atoms with Crippen LogP contribution in [0.15, 0.2) is 30.3 Å². The van der Waals surface area contributed by atoms with Gasteiger partial charge >= 0.3 is 0 Å². The van der Waals surface area contributed by atoms with Gasteiger partial charge in [-0.1, -0.05) is 44.4 Å². The summed E-state index contributed by atoms with van der Waals surface area (Å²) in [6.07, 6.45) is 4.65. The molecule has 0 radical (unpaired) electrons. The van der Waals surface area contributed by atoms with E-state index in [9.17, 15) is 9.90 Å². The molecule has 98 valence electrons. The Balaban J connectivity index is 2.00. The molecular formula is C15H21NO2. The molecule has 0 spiro atoms. The molecule has 0 heterocycles. The molecule has 2 N–H and O–H groups in total. The molecule has 0 aromatic heterocycles. The number of hydrogen-bond donors (Lipinski definition) is 2. The van der Waals surface area contributed by atoms with Crippen LogP contribution in [0, 0.1) is 5.92 Å². The summed E-state index contributed by atoms with van der Waals surface area (Å²) in [4.78, 5) is 12.1. The van der Waals surface area contributed by atoms with Crippen LogP contribution in [0.25, 0.3) is 0 Å². The third kappa shape index (κ3) is 2.91. The Morgan fingerprint density at radius 1 is 1.22 bits per heavy atom. The predicted molar refractivity (Wildman–Crippen MR) is 72.3 cm³/mol. The minimum atomic E-state index is -0.822. The van der Waals surface area contributed by atoms with Gasteiger partial charge in [0.25, 0.3) is 0 Å². The van der Waals surface area contributed by atoms with Gasteiger partial charge in [-0.15, -0.1) is 0 Å². The second-order valence-corrected chi connectivity index (χ2v) is 5.24. The van der Waals surface area contributed by atoms with Crippen LogP contribution in [0.4, 0.5) is 5.69 Å². The van der Waals surface area contributed by atoms with E-state index < -0.39 is 5.60 Å². The van der Waals surface area contributed by atoms with Crippen LogP contribution >= 0.6 is 0 Å². The third-order valence-electron chi connectivity index (χ3n) is 3.96. The Morgan fingerprint density at radius 3 is 2.44 bits per heavy atom. The zero-order valence-electron chi connectivity index (χ0n) is 10.9. The lowest BCUT2D eigenvalue weighted by Crippen LogP contribution is -2.44. The van der Waals surface area contributed by atoms with Gasteiger partial charge in [-0.2, -0.15) is 0 Å². The normalized spacial score (nSPS) is 20.1. The van der Waals surface area contributed by atoms with Crippen LogP contribution < -0.4 is 5.32 Å². The highest BCUT2D eigenvalue weighted by Crippen LogP contribution is 2.34. The van der Waals surface area contributed by atoms with Crippen LogP contribution in [0.2, 0.25) is 0 Å². The topological polar surface area (TPSA) is 49.3 Å². The number of aliphatic hydroxyl groups is 1. The van der Waals surface area contributed by atoms with E-state index >= 15 is 0 Å². The summed E-state index contributed by atoms with van der Waals surface area (Å²) in [5, 5.41) is 13.4. The second-order valence-electron chi connectivity index (χ2n) is 5.24. The number of rotatable bonds is 3. The van der Waals surface area contributed by atoms with E-state index in [4.69, 9.17) is 0 Å². The Labute approximate surface area is 108 Å². The van der Waals surface area contributed by atoms with Gasteiger partial charge in [0.15, 0.2) is 0 Å². The van der Waals surface area contributed by atoms with Gasteiger partial charge in [0.1, 0.15) is 0 Å². The van der Waals surface area contributed by atoms with Gasteiger partial charge < -0.3 is 10.4 Å². The summed E-state index contributed by atoms with van der Waals surface area (Å²) < 4.78 is 0. The molecule has 3 heteroatoms. The fraction of sp³-hybridized carbons (Fsp3) is 0.533. The van der Waals surface area contributed by atoms with Crippen molar-refractivity contribution in [2.45, 2.75) is 44.6 Å². The SMILES string of the molecule is CC(C(=O)Nc1ccccc1)C1(O)CCCCC1. The highest BCUT2D eigenvalue weighted by Gasteiger charge is 2.38. The first kappa shape index (κ1) is 13.1. The molecule has 1 saturated carbocycles. The summed E-state index contributed by atoms with van der Waals surface area (Å²) >= 11 is 0. The number of hydrogen-bond acceptors (Lipinski definition) is 2. The molecule has 0 aliphatic heterocycles. The molecule has 1 unspecified atom stereocenters. The molecule has 1 amide bonds. The largest absolute Gasteiger partial charge is 0.389 e. The van der Waals surface area contributed by atoms with Crippen LogP contribution in [-0.4, -0.2) is 16.6 Å². The lowest BCUT2D eigenvalue weighted by atomic mass is 9.76. The van der Waals surface area contributed by atoms with Crippen molar-refractivity contribution in [1.29, 1.82) is 0 Å². The Kier molecular flexibility index (Phi) is 4.02. The van der Waals surface area contributed by atoms with E-state index in [0.29, 0.717) is 0 Å². The summed E-state index contributed by atoms with van der Waals surface area (Å²) in [7, 11) is 0. The molecule has 1 aliphatic rings. The zero-order chi connectivity index (χ0) is 13.0. The van der Waals surface area contributed by atoms with E-state index in [0.717, 1.165) is 37.8 Å². The molecule has 1 fully saturated rings. The Bertz CT molecular complexity index is 396. The van der Waals surface area contributed by atoms with Crippen LogP contribution in [0.5, 0.6) is 0 Å². The standard InChI is InChI=1S/C15H21NO2/c1-12(15(18)10-6-3-7-11-15)14(17)16-13-8-4-2-5-9-13/h2,4-5,8-9,12,18H,3,6-7,10-11H2,1H3,(H,16,17). The molecule has 3 nitrogen and oxygen atoms in total. The van der Waals surface area contributed by atoms with E-state index in [2.05, 4.69) is 5.32 Å². The number of benzene rings is 1. The van der Waals surface area contributed by atoms with E-state index in [-0.39, 0.29) is 11.8 Å². The summed E-state index contributed by atoms with van der Waals surface area (Å²) in [6.45, 7) is 1.82. The summed E-state index contributed by atoms with van der Waals surface area (Å²) in [5.74, 6) is -0.455. The first-order valence-corrected chi connectivity index (χ1v) is 6.70. The second kappa shape index (κ2) is 5.53. The minimum Gasteiger partial charge on any atom is -0.389 e. The Hall–Kier alpha value is -1.35. The maximum Gasteiger partial charge on any atom is 0.230 e. The van der Waals surface area contributed by atoms with Crippen molar-refractivity contribution in [1.82, 2.24) is 0 Å². The van der Waals surface area contributed by atoms with Gasteiger partial charge in [-0.05, 0) is 25.0 Å². The average molecular weight is 247 g/mol. The maximum atomic E-state index is 12.1. The molecule has 0 saturated heterocycles. The van der Waals surface area contributed by atoms with E-state index in [1.807, 2.05) is 37.3 Å². The van der Waals surface area contributed by atoms with Crippen molar-refractivity contribution in [3.05, 3.63) is 30.3 Å². The monoisotopic (exact) mass is 247 g/mol. The summed E-state index contributed by atoms with van der Waals surface area (Å²) in [6, 6.07) is 9.39. The maximum absolute atomic E-state index is 12.1. The van der Waals surface area contributed by atoms with Crippen molar-refractivity contribution in [2.24, 2.45) is 5.92 Å². The number of nitrogens with one attached hydrogen (secondary N) is 1. The molecular weight excluding hydrogens is 226 g/mol. The minimum absolute atomic E-state index is 0.0920. The molecule has 1 aliphatic carbocycles. The van der Waals surface area contributed by atoms with Gasteiger partial charge in [0, 0.05) is 5.69 Å². The molecule has 1 aromatic rings. The lowest BCUT2D eigenvalue weighted by molar-refractivity contribution is -0.130. The quantitative estimate of drug-likeness (QED) is 0.862. The average Bonchev–Trinajstić information content (AvgIpc) is 2.40. The third-order valence-corrected chi connectivity index (χ3v) is 3.96. The van der Waals surface area contributed by atoms with Gasteiger partial charge in [-0.3, -0.25) is 4.79 Å². The lowest BCUT2D eigenvalue weighted by Gasteiger charge is -2.36. The van der Waals surface area contributed by atoms with E-state index in [1.54, 1.807) is 0 Å². The van der Waals surface area contributed by atoms with Gasteiger partial charge in [0.2, 0.25) is 5.91 Å². The number of carbonyl (C=O) groups excluding carboxylic acids is 1.